The van der Waals surface area contributed by atoms with Crippen molar-refractivity contribution in [3.05, 3.63) is 11.6 Å². The number of aldehydes is 1. The zero-order valence-electron chi connectivity index (χ0n) is 11.6. The third-order valence-corrected chi connectivity index (χ3v) is 3.09. The molecule has 0 heterocycles. The first-order chi connectivity index (χ1) is 7.49. The molecule has 1 nitrogen and oxygen atoms in total. The summed E-state index contributed by atoms with van der Waals surface area (Å²) in [5.41, 5.74) is 0.862. The first kappa shape index (κ1) is 15.4. The number of rotatable bonds is 8. The van der Waals surface area contributed by atoms with Gasteiger partial charge in [0, 0.05) is 0 Å². The van der Waals surface area contributed by atoms with E-state index in [0.717, 1.165) is 23.7 Å². The van der Waals surface area contributed by atoms with Crippen LogP contribution in [-0.2, 0) is 4.79 Å². The molecule has 0 spiro atoms. The van der Waals surface area contributed by atoms with E-state index in [1.165, 1.54) is 25.7 Å². The summed E-state index contributed by atoms with van der Waals surface area (Å²) < 4.78 is 0. The van der Waals surface area contributed by atoms with Gasteiger partial charge in [-0.05, 0) is 43.1 Å². The van der Waals surface area contributed by atoms with E-state index >= 15 is 0 Å². The molecule has 0 aromatic rings. The van der Waals surface area contributed by atoms with Crippen LogP contribution in [0.5, 0.6) is 0 Å². The van der Waals surface area contributed by atoms with Crippen LogP contribution in [0.4, 0.5) is 0 Å². The van der Waals surface area contributed by atoms with Crippen molar-refractivity contribution < 1.29 is 4.79 Å². The Morgan fingerprint density at radius 3 is 2.25 bits per heavy atom. The van der Waals surface area contributed by atoms with Crippen molar-refractivity contribution in [3.63, 3.8) is 0 Å². The monoisotopic (exact) mass is 224 g/mol. The number of allylic oxidation sites excluding steroid dienone is 2. The summed E-state index contributed by atoms with van der Waals surface area (Å²) >= 11 is 0. The zero-order valence-corrected chi connectivity index (χ0v) is 11.6. The van der Waals surface area contributed by atoms with E-state index in [9.17, 15) is 4.79 Å². The van der Waals surface area contributed by atoms with Crippen LogP contribution in [0.2, 0.25) is 0 Å². The molecule has 0 rings (SSSR count). The Balaban J connectivity index is 3.94. The molecule has 0 aliphatic rings. The lowest BCUT2D eigenvalue weighted by atomic mass is 9.87. The summed E-state index contributed by atoms with van der Waals surface area (Å²) in [5, 5.41) is 0. The molecule has 0 fully saturated rings. The first-order valence-corrected chi connectivity index (χ1v) is 6.63. The molecule has 0 aliphatic heterocycles. The Kier molecular flexibility index (Phi) is 8.23. The highest BCUT2D eigenvalue weighted by atomic mass is 16.1. The molecule has 0 saturated heterocycles. The molecule has 94 valence electrons. The molecule has 0 radical (unpaired) electrons. The maximum Gasteiger partial charge on any atom is 0.145 e. The van der Waals surface area contributed by atoms with Crippen molar-refractivity contribution in [1.82, 2.24) is 0 Å². The fourth-order valence-electron chi connectivity index (χ4n) is 2.58. The summed E-state index contributed by atoms with van der Waals surface area (Å²) in [6.07, 6.45) is 8.16. The second kappa shape index (κ2) is 8.55. The van der Waals surface area contributed by atoms with Crippen LogP contribution < -0.4 is 0 Å². The van der Waals surface area contributed by atoms with E-state index in [1.807, 2.05) is 6.92 Å². The molecule has 3 atom stereocenters. The van der Waals surface area contributed by atoms with Crippen LogP contribution >= 0.6 is 0 Å². The van der Waals surface area contributed by atoms with E-state index in [4.69, 9.17) is 0 Å². The van der Waals surface area contributed by atoms with Gasteiger partial charge in [-0.25, -0.2) is 0 Å². The molecule has 0 aromatic carbocycles. The lowest BCUT2D eigenvalue weighted by Gasteiger charge is -2.19. The van der Waals surface area contributed by atoms with E-state index in [0.29, 0.717) is 5.92 Å². The molecule has 0 unspecified atom stereocenters. The van der Waals surface area contributed by atoms with Crippen molar-refractivity contribution >= 4 is 6.29 Å². The van der Waals surface area contributed by atoms with Crippen molar-refractivity contribution in [3.8, 4) is 0 Å². The Hall–Kier alpha value is -0.590. The summed E-state index contributed by atoms with van der Waals surface area (Å²) in [7, 11) is 0. The van der Waals surface area contributed by atoms with Gasteiger partial charge in [-0.1, -0.05) is 46.6 Å². The smallest absolute Gasteiger partial charge is 0.145 e. The lowest BCUT2D eigenvalue weighted by Crippen LogP contribution is -2.07. The van der Waals surface area contributed by atoms with E-state index in [1.54, 1.807) is 0 Å². The van der Waals surface area contributed by atoms with Crippen LogP contribution in [0.1, 0.15) is 60.3 Å². The van der Waals surface area contributed by atoms with Gasteiger partial charge in [-0.3, -0.25) is 4.79 Å². The van der Waals surface area contributed by atoms with Crippen molar-refractivity contribution in [2.45, 2.75) is 60.3 Å². The van der Waals surface area contributed by atoms with Gasteiger partial charge in [0.15, 0.2) is 0 Å². The van der Waals surface area contributed by atoms with Gasteiger partial charge in [-0.2, -0.15) is 0 Å². The highest BCUT2D eigenvalue weighted by Crippen LogP contribution is 2.23. The predicted octanol–water partition coefficient (Wildman–Crippen LogP) is 4.62. The highest BCUT2D eigenvalue weighted by molar-refractivity contribution is 5.72. The maximum absolute atomic E-state index is 10.5. The molecule has 0 saturated carbocycles. The molecule has 0 aliphatic carbocycles. The van der Waals surface area contributed by atoms with Crippen LogP contribution in [0, 0.1) is 17.8 Å². The third kappa shape index (κ3) is 7.67. The van der Waals surface area contributed by atoms with Crippen LogP contribution in [0.15, 0.2) is 11.6 Å². The predicted molar refractivity (Wildman–Crippen MR) is 71.5 cm³/mol. The topological polar surface area (TPSA) is 17.1 Å². The Morgan fingerprint density at radius 2 is 1.75 bits per heavy atom. The Labute approximate surface area is 101 Å². The van der Waals surface area contributed by atoms with Gasteiger partial charge in [-0.15, -0.1) is 0 Å². The summed E-state index contributed by atoms with van der Waals surface area (Å²) in [6.45, 7) is 11.0. The molecule has 1 heteroatoms. The molecular formula is C15H28O. The number of hydrogen-bond acceptors (Lipinski definition) is 1. The van der Waals surface area contributed by atoms with Crippen LogP contribution in [-0.4, -0.2) is 6.29 Å². The summed E-state index contributed by atoms with van der Waals surface area (Å²) in [6, 6.07) is 0. The highest BCUT2D eigenvalue weighted by Gasteiger charge is 2.11. The minimum atomic E-state index is 0.522. The first-order valence-electron chi connectivity index (χ1n) is 6.63. The minimum absolute atomic E-state index is 0.522. The third-order valence-electron chi connectivity index (χ3n) is 3.09. The normalized spacial score (nSPS) is 17.9. The van der Waals surface area contributed by atoms with Gasteiger partial charge in [0.1, 0.15) is 6.29 Å². The Bertz CT molecular complexity index is 217. The van der Waals surface area contributed by atoms with Crippen molar-refractivity contribution in [2.24, 2.45) is 17.8 Å². The average Bonchev–Trinajstić information content (AvgIpc) is 2.16. The summed E-state index contributed by atoms with van der Waals surface area (Å²) in [5.74, 6) is 2.12. The van der Waals surface area contributed by atoms with Gasteiger partial charge in [0.05, 0.1) is 0 Å². The lowest BCUT2D eigenvalue weighted by molar-refractivity contribution is -0.104. The fraction of sp³-hybridized carbons (Fsp3) is 0.800. The molecule has 0 N–H and O–H groups in total. The van der Waals surface area contributed by atoms with Gasteiger partial charge in [0.2, 0.25) is 0 Å². The van der Waals surface area contributed by atoms with Crippen LogP contribution in [0.3, 0.4) is 0 Å². The second-order valence-electron chi connectivity index (χ2n) is 5.48. The van der Waals surface area contributed by atoms with Gasteiger partial charge >= 0.3 is 0 Å². The number of carbonyl (C=O) groups excluding carboxylic acids is 1. The van der Waals surface area contributed by atoms with E-state index < -0.39 is 0 Å². The quantitative estimate of drug-likeness (QED) is 0.434. The SMILES string of the molecule is CCC[C@@H](C)C[C@@H](C)C[C@@H](C)/C=C(\C)C=O. The number of hydrogen-bond donors (Lipinski definition) is 0. The molecule has 0 amide bonds. The largest absolute Gasteiger partial charge is 0.298 e. The maximum atomic E-state index is 10.5. The molecular weight excluding hydrogens is 196 g/mol. The molecule has 0 bridgehead atoms. The van der Waals surface area contributed by atoms with Crippen molar-refractivity contribution in [1.29, 1.82) is 0 Å². The number of carbonyl (C=O) groups is 1. The molecule has 16 heavy (non-hydrogen) atoms. The van der Waals surface area contributed by atoms with Gasteiger partial charge < -0.3 is 0 Å². The molecule has 0 aromatic heterocycles. The van der Waals surface area contributed by atoms with E-state index in [-0.39, 0.29) is 0 Å². The van der Waals surface area contributed by atoms with E-state index in [2.05, 4.69) is 33.8 Å². The average molecular weight is 224 g/mol. The summed E-state index contributed by atoms with van der Waals surface area (Å²) in [4.78, 5) is 10.5. The minimum Gasteiger partial charge on any atom is -0.298 e. The standard InChI is InChI=1S/C15H28O/c1-6-7-12(2)8-13(3)9-14(4)10-15(5)11-16/h10-14H,6-9H2,1-5H3/b15-10+/t12-,13-,14-/m1/s1. The fourth-order valence-corrected chi connectivity index (χ4v) is 2.58. The van der Waals surface area contributed by atoms with Gasteiger partial charge in [0.25, 0.3) is 0 Å². The zero-order chi connectivity index (χ0) is 12.6. The van der Waals surface area contributed by atoms with Crippen molar-refractivity contribution in [2.75, 3.05) is 0 Å². The Morgan fingerprint density at radius 1 is 1.12 bits per heavy atom. The van der Waals surface area contributed by atoms with Crippen LogP contribution in [0.25, 0.3) is 0 Å². The second-order valence-corrected chi connectivity index (χ2v) is 5.48.